The van der Waals surface area contributed by atoms with Crippen LogP contribution < -0.4 is 0 Å². The number of rotatable bonds is 4. The van der Waals surface area contributed by atoms with Gasteiger partial charge in [-0.25, -0.2) is 4.79 Å². The number of hydrogen-bond donors (Lipinski definition) is 10. The van der Waals surface area contributed by atoms with Gasteiger partial charge in [0.1, 0.15) is 36.6 Å². The molecular weight excluding hydrogens is 396 g/mol. The third kappa shape index (κ3) is 4.06. The summed E-state index contributed by atoms with van der Waals surface area (Å²) in [5.74, 6) is -6.73. The number of ether oxygens (including phenoxy) is 4. The fourth-order valence-corrected chi connectivity index (χ4v) is 2.68. The molecular formula is C13H22O15. The molecule has 2 aliphatic heterocycles. The maximum atomic E-state index is 11.9. The molecule has 0 saturated carbocycles. The van der Waals surface area contributed by atoms with Gasteiger partial charge in [-0.3, -0.25) is 0 Å². The highest BCUT2D eigenvalue weighted by molar-refractivity contribution is 5.60. The van der Waals surface area contributed by atoms with Crippen molar-refractivity contribution in [2.45, 2.75) is 60.8 Å². The Labute approximate surface area is 156 Å². The van der Waals surface area contributed by atoms with Gasteiger partial charge in [0.2, 0.25) is 0 Å². The minimum atomic E-state index is -3.37. The number of carbonyl (C=O) groups is 1. The summed E-state index contributed by atoms with van der Waals surface area (Å²) in [4.78, 5) is 11.9. The maximum Gasteiger partial charge on any atom is 0.517 e. The first-order valence-corrected chi connectivity index (χ1v) is 7.92. The van der Waals surface area contributed by atoms with Crippen molar-refractivity contribution in [3.63, 3.8) is 0 Å². The molecule has 0 spiro atoms. The molecule has 10 atom stereocenters. The Morgan fingerprint density at radius 3 is 1.32 bits per heavy atom. The van der Waals surface area contributed by atoms with Crippen LogP contribution in [-0.2, 0) is 18.9 Å². The molecule has 15 heteroatoms. The summed E-state index contributed by atoms with van der Waals surface area (Å²) in [7, 11) is 0. The molecule has 0 aromatic rings. The van der Waals surface area contributed by atoms with Crippen LogP contribution in [0.4, 0.5) is 4.79 Å². The molecule has 0 unspecified atom stereocenters. The Balaban J connectivity index is 2.13. The molecule has 0 aliphatic carbocycles. The summed E-state index contributed by atoms with van der Waals surface area (Å²) < 4.78 is 17.8. The topological polar surface area (TPSA) is 256 Å². The minimum Gasteiger partial charge on any atom is -0.394 e. The van der Waals surface area contributed by atoms with E-state index in [1.54, 1.807) is 0 Å². The van der Waals surface area contributed by atoms with Crippen LogP contribution in [0.2, 0.25) is 0 Å². The minimum absolute atomic E-state index is 0.973. The van der Waals surface area contributed by atoms with Crippen LogP contribution >= 0.6 is 0 Å². The summed E-state index contributed by atoms with van der Waals surface area (Å²) in [5, 5.41) is 96.2. The predicted octanol–water partition coefficient (Wildman–Crippen LogP) is -6.62. The highest BCUT2D eigenvalue weighted by atomic mass is 16.9. The third-order valence-corrected chi connectivity index (χ3v) is 4.32. The Morgan fingerprint density at radius 1 is 0.714 bits per heavy atom. The Hall–Kier alpha value is -1.21. The van der Waals surface area contributed by atoms with Gasteiger partial charge in [0.05, 0.1) is 13.2 Å². The first-order chi connectivity index (χ1) is 12.9. The van der Waals surface area contributed by atoms with Crippen LogP contribution in [0.5, 0.6) is 0 Å². The molecule has 2 saturated heterocycles. The monoisotopic (exact) mass is 418 g/mol. The van der Waals surface area contributed by atoms with Gasteiger partial charge in [-0.15, -0.1) is 0 Å². The van der Waals surface area contributed by atoms with Crippen LogP contribution in [0.3, 0.4) is 0 Å². The van der Waals surface area contributed by atoms with Gasteiger partial charge in [-0.2, -0.15) is 0 Å². The van der Waals surface area contributed by atoms with Crippen molar-refractivity contribution in [1.29, 1.82) is 0 Å². The van der Waals surface area contributed by atoms with E-state index in [0.29, 0.717) is 0 Å². The summed E-state index contributed by atoms with van der Waals surface area (Å²) >= 11 is 0. The molecule has 164 valence electrons. The van der Waals surface area contributed by atoms with Crippen molar-refractivity contribution >= 4 is 6.16 Å². The molecule has 15 nitrogen and oxygen atoms in total. The van der Waals surface area contributed by atoms with E-state index >= 15 is 0 Å². The molecule has 0 amide bonds. The normalized spacial score (nSPS) is 49.5. The van der Waals surface area contributed by atoms with Gasteiger partial charge >= 0.3 is 18.1 Å². The van der Waals surface area contributed by atoms with Crippen LogP contribution in [0.1, 0.15) is 0 Å². The lowest BCUT2D eigenvalue weighted by atomic mass is 9.98. The fourth-order valence-electron chi connectivity index (χ4n) is 2.68. The molecule has 28 heavy (non-hydrogen) atoms. The van der Waals surface area contributed by atoms with E-state index in [2.05, 4.69) is 18.9 Å². The zero-order chi connectivity index (χ0) is 21.4. The second-order valence-corrected chi connectivity index (χ2v) is 6.25. The highest BCUT2D eigenvalue weighted by Gasteiger charge is 2.59. The van der Waals surface area contributed by atoms with E-state index in [9.17, 15) is 45.6 Å². The van der Waals surface area contributed by atoms with Gasteiger partial charge in [0.15, 0.2) is 12.2 Å². The van der Waals surface area contributed by atoms with E-state index < -0.39 is 80.1 Å². The standard InChI is InChI=1S/C13H22O15/c14-1-3-5(16)7(18)9(20)12(23,25-3)27-11(22)28-13(24)10(21)8(19)6(17)4(2-15)26-13/h3-10,14-21,23-24H,1-2H2/t3-,4-,5-,6-,7+,8+,9-,10-,12+,13+/m1/s1. The Kier molecular flexibility index (Phi) is 6.81. The molecule has 0 aromatic carbocycles. The lowest BCUT2D eigenvalue weighted by molar-refractivity contribution is -0.457. The van der Waals surface area contributed by atoms with Gasteiger partial charge in [-0.1, -0.05) is 0 Å². The van der Waals surface area contributed by atoms with Gasteiger partial charge in [0.25, 0.3) is 0 Å². The predicted molar refractivity (Wildman–Crippen MR) is 77.4 cm³/mol. The highest BCUT2D eigenvalue weighted by Crippen LogP contribution is 2.32. The van der Waals surface area contributed by atoms with Crippen molar-refractivity contribution in [3.05, 3.63) is 0 Å². The van der Waals surface area contributed by atoms with E-state index in [4.69, 9.17) is 10.2 Å². The second kappa shape index (κ2) is 8.27. The van der Waals surface area contributed by atoms with Crippen molar-refractivity contribution in [1.82, 2.24) is 0 Å². The lowest BCUT2D eigenvalue weighted by Crippen LogP contribution is -2.68. The van der Waals surface area contributed by atoms with Crippen LogP contribution in [0.25, 0.3) is 0 Å². The number of carbonyl (C=O) groups excluding carboxylic acids is 1. The molecule has 0 aromatic heterocycles. The summed E-state index contributed by atoms with van der Waals surface area (Å²) in [6.45, 7) is -1.95. The molecule has 2 fully saturated rings. The SMILES string of the molecule is O=C(O[C@@]1(O)O[C@H](CO)[C@@H](O)[C@H](O)[C@H]1O)O[C@@]1(O)O[C@H](CO)[C@@H](O)[C@H](O)[C@H]1O. The van der Waals surface area contributed by atoms with Crippen LogP contribution in [-0.4, -0.2) is 131 Å². The largest absolute Gasteiger partial charge is 0.517 e. The molecule has 2 heterocycles. The summed E-state index contributed by atoms with van der Waals surface area (Å²) in [6, 6.07) is 0. The number of aliphatic hydroxyl groups excluding tert-OH is 8. The zero-order valence-corrected chi connectivity index (χ0v) is 14.0. The van der Waals surface area contributed by atoms with Crippen molar-refractivity contribution in [2.75, 3.05) is 13.2 Å². The summed E-state index contributed by atoms with van der Waals surface area (Å²) in [6.07, 6.45) is -18.4. The van der Waals surface area contributed by atoms with Gasteiger partial charge in [-0.05, 0) is 0 Å². The van der Waals surface area contributed by atoms with Crippen molar-refractivity contribution < 1.29 is 74.8 Å². The van der Waals surface area contributed by atoms with Gasteiger partial charge in [0, 0.05) is 0 Å². The summed E-state index contributed by atoms with van der Waals surface area (Å²) in [5.41, 5.74) is 0. The Bertz CT molecular complexity index is 510. The van der Waals surface area contributed by atoms with E-state index in [0.717, 1.165) is 0 Å². The molecule has 0 bridgehead atoms. The lowest BCUT2D eigenvalue weighted by Gasteiger charge is -2.45. The van der Waals surface area contributed by atoms with E-state index in [1.807, 2.05) is 0 Å². The van der Waals surface area contributed by atoms with Crippen LogP contribution in [0.15, 0.2) is 0 Å². The molecule has 0 radical (unpaired) electrons. The molecule has 10 N–H and O–H groups in total. The molecule has 2 rings (SSSR count). The van der Waals surface area contributed by atoms with Crippen molar-refractivity contribution in [2.24, 2.45) is 0 Å². The van der Waals surface area contributed by atoms with Crippen molar-refractivity contribution in [3.8, 4) is 0 Å². The quantitative estimate of drug-likeness (QED) is 0.150. The average Bonchev–Trinajstić information content (AvgIpc) is 2.64. The van der Waals surface area contributed by atoms with Gasteiger partial charge < -0.3 is 70.0 Å². The second-order valence-electron chi connectivity index (χ2n) is 6.25. The third-order valence-electron chi connectivity index (χ3n) is 4.32. The number of hydrogen-bond acceptors (Lipinski definition) is 15. The first-order valence-electron chi connectivity index (χ1n) is 7.92. The zero-order valence-electron chi connectivity index (χ0n) is 14.0. The van der Waals surface area contributed by atoms with E-state index in [1.165, 1.54) is 0 Å². The Morgan fingerprint density at radius 2 is 1.04 bits per heavy atom. The fraction of sp³-hybridized carbons (Fsp3) is 0.923. The maximum absolute atomic E-state index is 11.9. The smallest absolute Gasteiger partial charge is 0.394 e. The van der Waals surface area contributed by atoms with E-state index in [-0.39, 0.29) is 0 Å². The molecule has 2 aliphatic rings. The first kappa shape index (κ1) is 23.1. The number of aliphatic hydroxyl groups is 10. The van der Waals surface area contributed by atoms with Crippen LogP contribution in [0, 0.1) is 0 Å². The average molecular weight is 418 g/mol.